The molecule has 0 unspecified atom stereocenters. The summed E-state index contributed by atoms with van der Waals surface area (Å²) in [5, 5.41) is 7.09. The van der Waals surface area contributed by atoms with Gasteiger partial charge < -0.3 is 20.7 Å². The van der Waals surface area contributed by atoms with Crippen molar-refractivity contribution in [1.29, 1.82) is 0 Å². The Morgan fingerprint density at radius 1 is 1.26 bits per heavy atom. The summed E-state index contributed by atoms with van der Waals surface area (Å²) in [6, 6.07) is 3.49. The minimum absolute atomic E-state index is 0.0155. The number of thiazole rings is 1. The molecule has 178 valence electrons. The number of anilines is 3. The van der Waals surface area contributed by atoms with Gasteiger partial charge in [0.1, 0.15) is 33.4 Å². The van der Waals surface area contributed by atoms with Crippen LogP contribution in [0.5, 0.6) is 0 Å². The van der Waals surface area contributed by atoms with E-state index in [4.69, 9.17) is 10.5 Å². The topological polar surface area (TPSA) is 115 Å². The Morgan fingerprint density at radius 2 is 2.00 bits per heavy atom. The number of nitrogens with two attached hydrogens (primary N) is 1. The first-order valence-corrected chi connectivity index (χ1v) is 11.6. The Balaban J connectivity index is 1.37. The maximum Gasteiger partial charge on any atom is 0.306 e. The molecule has 2 aliphatic heterocycles. The molecule has 9 nitrogen and oxygen atoms in total. The van der Waals surface area contributed by atoms with Gasteiger partial charge >= 0.3 is 5.97 Å². The number of benzene rings is 1. The van der Waals surface area contributed by atoms with Gasteiger partial charge in [-0.15, -0.1) is 0 Å². The lowest BCUT2D eigenvalue weighted by atomic mass is 9.97. The van der Waals surface area contributed by atoms with Crippen LogP contribution in [-0.4, -0.2) is 45.8 Å². The maximum absolute atomic E-state index is 14.2. The molecule has 0 radical (unpaired) electrons. The zero-order valence-electron chi connectivity index (χ0n) is 18.3. The summed E-state index contributed by atoms with van der Waals surface area (Å²) < 4.78 is 35.4. The lowest BCUT2D eigenvalue weighted by Crippen LogP contribution is -2.28. The van der Waals surface area contributed by atoms with Gasteiger partial charge in [0, 0.05) is 32.5 Å². The van der Waals surface area contributed by atoms with Gasteiger partial charge in [0.25, 0.3) is 5.91 Å². The average Bonchev–Trinajstić information content (AvgIpc) is 3.41. The summed E-state index contributed by atoms with van der Waals surface area (Å²) in [5.74, 6) is -1.43. The van der Waals surface area contributed by atoms with Crippen molar-refractivity contribution in [2.75, 3.05) is 29.0 Å². The second kappa shape index (κ2) is 8.67. The van der Waals surface area contributed by atoms with Gasteiger partial charge in [-0.25, -0.2) is 13.8 Å². The number of nitrogen functional groups attached to an aromatic ring is 1. The number of rotatable bonds is 4. The van der Waals surface area contributed by atoms with E-state index in [2.05, 4.69) is 20.3 Å². The number of nitrogens with zero attached hydrogens (tertiary/aromatic N) is 4. The fraction of sp³-hybridized carbons (Fsp3) is 0.364. The van der Waals surface area contributed by atoms with Gasteiger partial charge in [-0.2, -0.15) is 5.10 Å². The number of carbonyl (C=O) groups excluding carboxylic acids is 2. The lowest BCUT2D eigenvalue weighted by molar-refractivity contribution is -0.141. The third-order valence-electron chi connectivity index (χ3n) is 6.19. The molecule has 0 bridgehead atoms. The number of fused-ring (bicyclic) bond motifs is 1. The van der Waals surface area contributed by atoms with E-state index in [1.54, 1.807) is 11.7 Å². The third kappa shape index (κ3) is 3.98. The zero-order valence-corrected chi connectivity index (χ0v) is 19.1. The van der Waals surface area contributed by atoms with Crippen molar-refractivity contribution in [3.63, 3.8) is 0 Å². The summed E-state index contributed by atoms with van der Waals surface area (Å²) in [5.41, 5.74) is 6.00. The van der Waals surface area contributed by atoms with Gasteiger partial charge in [0.2, 0.25) is 0 Å². The molecule has 2 fully saturated rings. The molecule has 2 atom stereocenters. The molecule has 34 heavy (non-hydrogen) atoms. The second-order valence-electron chi connectivity index (χ2n) is 8.35. The SMILES string of the molecule is Cn1ncc(NC(=O)c2nc(-c3c(F)cccc3F)sc2N)c1N1CC[C@@H]2CC(=O)O[C@@H]2CC1. The van der Waals surface area contributed by atoms with Gasteiger partial charge in [-0.1, -0.05) is 17.4 Å². The Hall–Kier alpha value is -3.54. The normalized spacial score (nSPS) is 20.1. The van der Waals surface area contributed by atoms with Gasteiger partial charge in [0.05, 0.1) is 18.2 Å². The van der Waals surface area contributed by atoms with E-state index in [9.17, 15) is 18.4 Å². The number of esters is 1. The maximum atomic E-state index is 14.2. The number of ether oxygens (including phenoxy) is 1. The molecule has 0 aliphatic carbocycles. The molecule has 3 N–H and O–H groups in total. The highest BCUT2D eigenvalue weighted by Gasteiger charge is 2.37. The van der Waals surface area contributed by atoms with Crippen molar-refractivity contribution in [3.8, 4) is 10.6 Å². The van der Waals surface area contributed by atoms with E-state index < -0.39 is 17.5 Å². The van der Waals surface area contributed by atoms with Crippen LogP contribution in [0, 0.1) is 17.6 Å². The second-order valence-corrected chi connectivity index (χ2v) is 9.38. The molecular formula is C22H22F2N6O3S. The highest BCUT2D eigenvalue weighted by atomic mass is 32.1. The number of aromatic nitrogens is 3. The molecule has 1 amide bonds. The minimum Gasteiger partial charge on any atom is -0.462 e. The van der Waals surface area contributed by atoms with Gasteiger partial charge in [-0.3, -0.25) is 14.3 Å². The van der Waals surface area contributed by atoms with E-state index in [0.29, 0.717) is 37.4 Å². The number of halogens is 2. The first-order valence-electron chi connectivity index (χ1n) is 10.8. The molecule has 2 saturated heterocycles. The van der Waals surface area contributed by atoms with Crippen molar-refractivity contribution in [2.24, 2.45) is 13.0 Å². The standard InChI is InChI=1S/C22H22F2N6O3S/c1-29-22(30-7-5-11-9-16(31)33-15(11)6-8-30)14(10-26-29)27-20(32)18-19(25)34-21(28-18)17-12(23)3-2-4-13(17)24/h2-4,10-11,15H,5-9,25H2,1H3,(H,27,32)/t11-,15-/m1/s1. The molecule has 0 spiro atoms. The summed E-state index contributed by atoms with van der Waals surface area (Å²) in [6.07, 6.45) is 3.34. The van der Waals surface area contributed by atoms with E-state index in [1.165, 1.54) is 12.3 Å². The molecule has 12 heteroatoms. The Morgan fingerprint density at radius 3 is 2.76 bits per heavy atom. The van der Waals surface area contributed by atoms with E-state index in [-0.39, 0.29) is 39.3 Å². The van der Waals surface area contributed by atoms with Crippen molar-refractivity contribution in [1.82, 2.24) is 14.8 Å². The van der Waals surface area contributed by atoms with E-state index in [0.717, 1.165) is 29.9 Å². The van der Waals surface area contributed by atoms with Gasteiger partial charge in [-0.05, 0) is 18.6 Å². The molecule has 2 aromatic heterocycles. The summed E-state index contributed by atoms with van der Waals surface area (Å²) in [6.45, 7) is 1.31. The Labute approximate surface area is 197 Å². The summed E-state index contributed by atoms with van der Waals surface area (Å²) in [4.78, 5) is 30.8. The summed E-state index contributed by atoms with van der Waals surface area (Å²) >= 11 is 0.838. The largest absolute Gasteiger partial charge is 0.462 e. The van der Waals surface area contributed by atoms with Crippen LogP contribution < -0.4 is 16.0 Å². The van der Waals surface area contributed by atoms with E-state index >= 15 is 0 Å². The number of aryl methyl sites for hydroxylation is 1. The zero-order chi connectivity index (χ0) is 24.0. The molecule has 0 saturated carbocycles. The Kier molecular flexibility index (Phi) is 5.68. The van der Waals surface area contributed by atoms with Crippen LogP contribution in [0.4, 0.5) is 25.3 Å². The predicted octanol–water partition coefficient (Wildman–Crippen LogP) is 3.19. The minimum atomic E-state index is -0.785. The van der Waals surface area contributed by atoms with Crippen molar-refractivity contribution < 1.29 is 23.1 Å². The highest BCUT2D eigenvalue weighted by Crippen LogP contribution is 2.36. The first kappa shape index (κ1) is 22.3. The van der Waals surface area contributed by atoms with Crippen molar-refractivity contribution in [2.45, 2.75) is 25.4 Å². The Bertz CT molecular complexity index is 1240. The van der Waals surface area contributed by atoms with Crippen LogP contribution in [0.1, 0.15) is 29.8 Å². The third-order valence-corrected chi connectivity index (χ3v) is 7.09. The average molecular weight is 489 g/mol. The number of amides is 1. The number of nitrogens with one attached hydrogen (secondary N) is 1. The first-order chi connectivity index (χ1) is 16.3. The number of hydrogen-bond acceptors (Lipinski definition) is 8. The van der Waals surface area contributed by atoms with Crippen molar-refractivity contribution in [3.05, 3.63) is 41.7 Å². The van der Waals surface area contributed by atoms with Crippen LogP contribution >= 0.6 is 11.3 Å². The lowest BCUT2D eigenvalue weighted by Gasteiger charge is -2.24. The fourth-order valence-corrected chi connectivity index (χ4v) is 5.43. The van der Waals surface area contributed by atoms with E-state index in [1.807, 2.05) is 0 Å². The van der Waals surface area contributed by atoms with Gasteiger partial charge in [0.15, 0.2) is 11.5 Å². The van der Waals surface area contributed by atoms with Crippen molar-refractivity contribution >= 4 is 39.7 Å². The highest BCUT2D eigenvalue weighted by molar-refractivity contribution is 7.19. The molecule has 2 aliphatic rings. The van der Waals surface area contributed by atoms with Crippen LogP contribution in [0.15, 0.2) is 24.4 Å². The monoisotopic (exact) mass is 488 g/mol. The number of hydrogen-bond donors (Lipinski definition) is 2. The quantitative estimate of drug-likeness (QED) is 0.542. The van der Waals surface area contributed by atoms with Crippen LogP contribution in [-0.2, 0) is 16.6 Å². The molecule has 1 aromatic carbocycles. The smallest absolute Gasteiger partial charge is 0.306 e. The summed E-state index contributed by atoms with van der Waals surface area (Å²) in [7, 11) is 1.77. The molecule has 3 aromatic rings. The van der Waals surface area contributed by atoms with Crippen LogP contribution in [0.3, 0.4) is 0 Å². The van der Waals surface area contributed by atoms with Crippen LogP contribution in [0.2, 0.25) is 0 Å². The molecular weight excluding hydrogens is 466 g/mol. The molecule has 5 rings (SSSR count). The van der Waals surface area contributed by atoms with Crippen LogP contribution in [0.25, 0.3) is 10.6 Å². The fourth-order valence-electron chi connectivity index (χ4n) is 4.55. The molecule has 4 heterocycles. The number of carbonyl (C=O) groups is 2. The predicted molar refractivity (Wildman–Crippen MR) is 122 cm³/mol.